The second-order valence-corrected chi connectivity index (χ2v) is 4.86. The van der Waals surface area contributed by atoms with E-state index in [0.29, 0.717) is 36.1 Å². The van der Waals surface area contributed by atoms with Gasteiger partial charge >= 0.3 is 0 Å². The monoisotopic (exact) mass is 292 g/mol. The molecule has 5 heteroatoms. The third kappa shape index (κ3) is 3.01. The molecule has 2 aromatic rings. The molecule has 2 rings (SSSR count). The summed E-state index contributed by atoms with van der Waals surface area (Å²) in [5.41, 5.74) is 1.54. The van der Waals surface area contributed by atoms with E-state index in [0.717, 1.165) is 0 Å². The molecular formula is C16H18F2N2O. The quantitative estimate of drug-likeness (QED) is 0.762. The molecule has 112 valence electrons. The summed E-state index contributed by atoms with van der Waals surface area (Å²) in [5.74, 6) is -3.03. The molecule has 0 N–H and O–H groups in total. The zero-order chi connectivity index (χ0) is 15.5. The molecule has 1 heterocycles. The molecule has 1 aromatic carbocycles. The number of carbonyl (C=O) groups is 1. The minimum atomic E-state index is -3.03. The fourth-order valence-corrected chi connectivity index (χ4v) is 2.43. The number of hydrogen-bond acceptors (Lipinski definition) is 2. The second-order valence-electron chi connectivity index (χ2n) is 4.86. The van der Waals surface area contributed by atoms with Gasteiger partial charge in [0.15, 0.2) is 6.29 Å². The first-order valence-corrected chi connectivity index (χ1v) is 7.00. The van der Waals surface area contributed by atoms with Crippen molar-refractivity contribution in [3.8, 4) is 0 Å². The molecular weight excluding hydrogens is 274 g/mol. The van der Waals surface area contributed by atoms with E-state index in [1.807, 2.05) is 13.8 Å². The Morgan fingerprint density at radius 1 is 1.19 bits per heavy atom. The average Bonchev–Trinajstić information content (AvgIpc) is 2.84. The van der Waals surface area contributed by atoms with Crippen molar-refractivity contribution >= 4 is 6.29 Å². The van der Waals surface area contributed by atoms with Crippen LogP contribution in [0.1, 0.15) is 41.2 Å². The van der Waals surface area contributed by atoms with Crippen LogP contribution >= 0.6 is 0 Å². The molecule has 0 unspecified atom stereocenters. The zero-order valence-corrected chi connectivity index (χ0v) is 12.1. The van der Waals surface area contributed by atoms with Crippen molar-refractivity contribution in [3.63, 3.8) is 0 Å². The number of halogens is 2. The van der Waals surface area contributed by atoms with Gasteiger partial charge in [-0.3, -0.25) is 9.48 Å². The van der Waals surface area contributed by atoms with Crippen molar-refractivity contribution in [2.75, 3.05) is 0 Å². The number of aldehydes is 1. The highest BCUT2D eigenvalue weighted by Crippen LogP contribution is 2.30. The first-order valence-electron chi connectivity index (χ1n) is 7.00. The highest BCUT2D eigenvalue weighted by atomic mass is 19.3. The van der Waals surface area contributed by atoms with Crippen molar-refractivity contribution < 1.29 is 13.6 Å². The minimum absolute atomic E-state index is 0.0479. The molecule has 3 nitrogen and oxygen atoms in total. The van der Waals surface area contributed by atoms with Gasteiger partial charge in [0.2, 0.25) is 0 Å². The van der Waals surface area contributed by atoms with Gasteiger partial charge in [-0.05, 0) is 12.8 Å². The smallest absolute Gasteiger partial charge is 0.292 e. The maximum atomic E-state index is 14.4. The van der Waals surface area contributed by atoms with Gasteiger partial charge < -0.3 is 0 Å². The fourth-order valence-electron chi connectivity index (χ4n) is 2.43. The Hall–Kier alpha value is -2.04. The lowest BCUT2D eigenvalue weighted by Crippen LogP contribution is -2.23. The molecule has 0 aliphatic rings. The number of aromatic nitrogens is 2. The highest BCUT2D eigenvalue weighted by Gasteiger charge is 2.33. The van der Waals surface area contributed by atoms with E-state index < -0.39 is 12.5 Å². The minimum Gasteiger partial charge on any atom is -0.298 e. The standard InChI is InChI=1S/C16H18F2N2O/c1-3-14-13(10-21)15(4-2)20(19-14)11-16(17,18)12-8-6-5-7-9-12/h5-10H,3-4,11H2,1-2H3. The van der Waals surface area contributed by atoms with Gasteiger partial charge in [0.1, 0.15) is 6.54 Å². The van der Waals surface area contributed by atoms with E-state index in [4.69, 9.17) is 0 Å². The number of alkyl halides is 2. The van der Waals surface area contributed by atoms with Crippen LogP contribution in [0.2, 0.25) is 0 Å². The molecule has 0 bridgehead atoms. The summed E-state index contributed by atoms with van der Waals surface area (Å²) in [7, 11) is 0. The Balaban J connectivity index is 2.39. The summed E-state index contributed by atoms with van der Waals surface area (Å²) in [6, 6.07) is 7.67. The predicted octanol–water partition coefficient (Wildman–Crippen LogP) is 3.61. The van der Waals surface area contributed by atoms with Crippen LogP contribution in [0.15, 0.2) is 30.3 Å². The first-order chi connectivity index (χ1) is 10.0. The Kier molecular flexibility index (Phi) is 4.50. The highest BCUT2D eigenvalue weighted by molar-refractivity contribution is 5.78. The maximum Gasteiger partial charge on any atom is 0.292 e. The molecule has 0 amide bonds. The van der Waals surface area contributed by atoms with Crippen molar-refractivity contribution in [1.82, 2.24) is 9.78 Å². The molecule has 1 aromatic heterocycles. The predicted molar refractivity (Wildman–Crippen MR) is 76.7 cm³/mol. The molecule has 21 heavy (non-hydrogen) atoms. The molecule has 0 fully saturated rings. The summed E-state index contributed by atoms with van der Waals surface area (Å²) in [6.45, 7) is 3.14. The first kappa shape index (κ1) is 15.4. The molecule has 0 radical (unpaired) electrons. The van der Waals surface area contributed by atoms with E-state index in [9.17, 15) is 13.6 Å². The number of benzene rings is 1. The Bertz CT molecular complexity index is 621. The number of hydrogen-bond donors (Lipinski definition) is 0. The third-order valence-electron chi connectivity index (χ3n) is 3.51. The number of carbonyl (C=O) groups excluding carboxylic acids is 1. The van der Waals surface area contributed by atoms with E-state index in [-0.39, 0.29) is 5.56 Å². The van der Waals surface area contributed by atoms with Crippen molar-refractivity contribution in [3.05, 3.63) is 52.8 Å². The van der Waals surface area contributed by atoms with Gasteiger partial charge in [-0.25, -0.2) is 0 Å². The summed E-state index contributed by atoms with van der Waals surface area (Å²) in [4.78, 5) is 11.2. The van der Waals surface area contributed by atoms with Gasteiger partial charge in [-0.15, -0.1) is 0 Å². The van der Waals surface area contributed by atoms with Crippen molar-refractivity contribution in [1.29, 1.82) is 0 Å². The van der Waals surface area contributed by atoms with E-state index in [2.05, 4.69) is 5.10 Å². The summed E-state index contributed by atoms with van der Waals surface area (Å²) >= 11 is 0. The van der Waals surface area contributed by atoms with Gasteiger partial charge in [0, 0.05) is 11.3 Å². The van der Waals surface area contributed by atoms with Crippen LogP contribution < -0.4 is 0 Å². The van der Waals surface area contributed by atoms with Crippen LogP contribution in [0.4, 0.5) is 8.78 Å². The molecule has 0 aliphatic heterocycles. The fraction of sp³-hybridized carbons (Fsp3) is 0.375. The lowest BCUT2D eigenvalue weighted by atomic mass is 10.1. The van der Waals surface area contributed by atoms with Gasteiger partial charge in [0.25, 0.3) is 5.92 Å². The molecule has 0 aliphatic carbocycles. The summed E-state index contributed by atoms with van der Waals surface area (Å²) < 4.78 is 30.0. The van der Waals surface area contributed by atoms with Gasteiger partial charge in [-0.1, -0.05) is 44.2 Å². The number of rotatable bonds is 6. The topological polar surface area (TPSA) is 34.9 Å². The average molecular weight is 292 g/mol. The van der Waals surface area contributed by atoms with Crippen LogP contribution in [0.3, 0.4) is 0 Å². The summed E-state index contributed by atoms with van der Waals surface area (Å²) in [5, 5.41) is 4.19. The van der Waals surface area contributed by atoms with Gasteiger partial charge in [0.05, 0.1) is 11.3 Å². The SMILES string of the molecule is CCc1nn(CC(F)(F)c2ccccc2)c(CC)c1C=O. The Morgan fingerprint density at radius 3 is 2.38 bits per heavy atom. The van der Waals surface area contributed by atoms with Crippen LogP contribution in [0, 0.1) is 0 Å². The maximum absolute atomic E-state index is 14.4. The zero-order valence-electron chi connectivity index (χ0n) is 12.1. The molecule has 0 spiro atoms. The van der Waals surface area contributed by atoms with Crippen LogP contribution in [0.25, 0.3) is 0 Å². The van der Waals surface area contributed by atoms with E-state index >= 15 is 0 Å². The van der Waals surface area contributed by atoms with E-state index in [1.165, 1.54) is 16.8 Å². The molecule has 0 atom stereocenters. The number of nitrogens with zero attached hydrogens (tertiary/aromatic N) is 2. The van der Waals surface area contributed by atoms with Gasteiger partial charge in [-0.2, -0.15) is 13.9 Å². The second kappa shape index (κ2) is 6.16. The lowest BCUT2D eigenvalue weighted by molar-refractivity contribution is -0.0262. The normalized spacial score (nSPS) is 11.6. The van der Waals surface area contributed by atoms with Crippen molar-refractivity contribution in [2.45, 2.75) is 39.2 Å². The molecule has 0 saturated heterocycles. The molecule has 0 saturated carbocycles. The number of aryl methyl sites for hydroxylation is 1. The summed E-state index contributed by atoms with van der Waals surface area (Å²) in [6.07, 6.45) is 1.75. The largest absolute Gasteiger partial charge is 0.298 e. The Labute approximate surface area is 122 Å². The Morgan fingerprint density at radius 2 is 1.86 bits per heavy atom. The van der Waals surface area contributed by atoms with Crippen LogP contribution in [-0.2, 0) is 25.3 Å². The third-order valence-corrected chi connectivity index (χ3v) is 3.51. The van der Waals surface area contributed by atoms with Crippen molar-refractivity contribution in [2.24, 2.45) is 0 Å². The van der Waals surface area contributed by atoms with Crippen LogP contribution in [0.5, 0.6) is 0 Å². The van der Waals surface area contributed by atoms with Crippen LogP contribution in [-0.4, -0.2) is 16.1 Å². The van der Waals surface area contributed by atoms with E-state index in [1.54, 1.807) is 18.2 Å². The lowest BCUT2D eigenvalue weighted by Gasteiger charge is -2.18.